The molecule has 0 spiro atoms. The summed E-state index contributed by atoms with van der Waals surface area (Å²) in [6.07, 6.45) is 2.19. The van der Waals surface area contributed by atoms with Gasteiger partial charge in [0.1, 0.15) is 11.5 Å². The fourth-order valence-electron chi connectivity index (χ4n) is 4.53. The Morgan fingerprint density at radius 3 is 2.61 bits per heavy atom. The maximum atomic E-state index is 13.0. The number of pyridine rings is 1. The zero-order chi connectivity index (χ0) is 24.9. The number of fused-ring (bicyclic) bond motifs is 1. The molecule has 1 atom stereocenters. The molecule has 2 aromatic heterocycles. The minimum Gasteiger partial charge on any atom is -0.497 e. The Balaban J connectivity index is 1.42. The van der Waals surface area contributed by atoms with Gasteiger partial charge in [0, 0.05) is 36.2 Å². The lowest BCUT2D eigenvalue weighted by molar-refractivity contribution is 0.0914. The largest absolute Gasteiger partial charge is 0.497 e. The molecular weight excluding hydrogens is 460 g/mol. The molecular formula is C26H30N6O4. The van der Waals surface area contributed by atoms with E-state index < -0.39 is 0 Å². The fourth-order valence-corrected chi connectivity index (χ4v) is 4.53. The number of aromatic nitrogens is 5. The smallest absolute Gasteiger partial charge is 0.252 e. The summed E-state index contributed by atoms with van der Waals surface area (Å²) >= 11 is 0. The number of benzene rings is 2. The van der Waals surface area contributed by atoms with Gasteiger partial charge in [-0.1, -0.05) is 12.1 Å². The van der Waals surface area contributed by atoms with Gasteiger partial charge < -0.3 is 19.2 Å². The van der Waals surface area contributed by atoms with E-state index in [1.807, 2.05) is 53.2 Å². The number of ether oxygens (including phenoxy) is 3. The third-order valence-electron chi connectivity index (χ3n) is 6.46. The van der Waals surface area contributed by atoms with Crippen molar-refractivity contribution in [3.63, 3.8) is 0 Å². The maximum absolute atomic E-state index is 13.0. The van der Waals surface area contributed by atoms with E-state index in [1.165, 1.54) is 0 Å². The van der Waals surface area contributed by atoms with Crippen LogP contribution in [0, 0.1) is 0 Å². The number of aromatic amines is 1. The van der Waals surface area contributed by atoms with E-state index in [2.05, 4.69) is 25.4 Å². The number of tetrazole rings is 1. The monoisotopic (exact) mass is 490 g/mol. The molecule has 0 radical (unpaired) electrons. The van der Waals surface area contributed by atoms with Crippen molar-refractivity contribution in [3.05, 3.63) is 75.8 Å². The Morgan fingerprint density at radius 2 is 1.86 bits per heavy atom. The van der Waals surface area contributed by atoms with E-state index in [0.29, 0.717) is 31.7 Å². The number of rotatable bonds is 10. The second-order valence-electron chi connectivity index (χ2n) is 8.98. The first-order chi connectivity index (χ1) is 17.6. The van der Waals surface area contributed by atoms with Crippen LogP contribution >= 0.6 is 0 Å². The lowest BCUT2D eigenvalue weighted by atomic mass is 10.1. The van der Waals surface area contributed by atoms with Crippen LogP contribution in [0.15, 0.2) is 53.3 Å². The molecule has 0 aliphatic carbocycles. The number of methoxy groups -OCH3 is 2. The van der Waals surface area contributed by atoms with Crippen molar-refractivity contribution in [2.24, 2.45) is 0 Å². The van der Waals surface area contributed by atoms with Gasteiger partial charge in [-0.05, 0) is 65.2 Å². The normalized spacial score (nSPS) is 15.6. The molecule has 4 aromatic rings. The van der Waals surface area contributed by atoms with Gasteiger partial charge in [0.05, 0.1) is 33.4 Å². The average molecular weight is 491 g/mol. The van der Waals surface area contributed by atoms with Crippen LogP contribution in [-0.2, 0) is 30.9 Å². The van der Waals surface area contributed by atoms with Crippen LogP contribution in [0.3, 0.4) is 0 Å². The minimum atomic E-state index is -0.119. The third kappa shape index (κ3) is 5.55. The summed E-state index contributed by atoms with van der Waals surface area (Å²) in [6, 6.07) is 15.5. The van der Waals surface area contributed by atoms with E-state index in [4.69, 9.17) is 14.2 Å². The molecule has 10 heteroatoms. The Kier molecular flexibility index (Phi) is 7.24. The quantitative estimate of drug-likeness (QED) is 0.362. The predicted molar refractivity (Wildman–Crippen MR) is 134 cm³/mol. The van der Waals surface area contributed by atoms with Gasteiger partial charge >= 0.3 is 0 Å². The zero-order valence-electron chi connectivity index (χ0n) is 20.5. The summed E-state index contributed by atoms with van der Waals surface area (Å²) in [5.41, 5.74) is 2.40. The molecule has 1 saturated heterocycles. The van der Waals surface area contributed by atoms with E-state index >= 15 is 0 Å². The Morgan fingerprint density at radius 1 is 1.06 bits per heavy atom. The van der Waals surface area contributed by atoms with E-state index in [0.717, 1.165) is 53.2 Å². The van der Waals surface area contributed by atoms with Crippen LogP contribution in [0.4, 0.5) is 0 Å². The van der Waals surface area contributed by atoms with Crippen molar-refractivity contribution < 1.29 is 14.2 Å². The molecule has 36 heavy (non-hydrogen) atoms. The van der Waals surface area contributed by atoms with Crippen molar-refractivity contribution in [1.29, 1.82) is 0 Å². The van der Waals surface area contributed by atoms with Gasteiger partial charge in [-0.15, -0.1) is 5.10 Å². The Labute approximate surface area is 208 Å². The van der Waals surface area contributed by atoms with Crippen LogP contribution in [0.5, 0.6) is 11.5 Å². The minimum absolute atomic E-state index is 0.119. The third-order valence-corrected chi connectivity index (χ3v) is 6.46. The number of hydrogen-bond acceptors (Lipinski definition) is 8. The second-order valence-corrected chi connectivity index (χ2v) is 8.98. The summed E-state index contributed by atoms with van der Waals surface area (Å²) in [7, 11) is 3.28. The number of nitrogens with one attached hydrogen (secondary N) is 1. The van der Waals surface area contributed by atoms with Gasteiger partial charge in [0.25, 0.3) is 5.56 Å². The topological polar surface area (TPSA) is 107 Å². The van der Waals surface area contributed by atoms with Crippen LogP contribution < -0.4 is 15.0 Å². The molecule has 0 amide bonds. The van der Waals surface area contributed by atoms with Crippen LogP contribution in [0.25, 0.3) is 10.9 Å². The standard InChI is InChI=1S/C26H30N6O4/c1-34-21-7-5-18(6-8-21)14-31(17-25-28-29-30-32(25)16-23-4-3-11-36-23)15-20-12-19-13-22(35-2)9-10-24(19)27-26(20)33/h5-10,12-13,23H,3-4,11,14-17H2,1-2H3,(H,27,33)/t23-/m1/s1. The first-order valence-corrected chi connectivity index (χ1v) is 12.0. The number of nitrogens with zero attached hydrogens (tertiary/aromatic N) is 5. The van der Waals surface area contributed by atoms with Crippen LogP contribution in [-0.4, -0.2) is 57.0 Å². The Bertz CT molecular complexity index is 1360. The van der Waals surface area contributed by atoms with Gasteiger partial charge in [-0.2, -0.15) is 0 Å². The molecule has 0 unspecified atom stereocenters. The molecule has 188 valence electrons. The first-order valence-electron chi connectivity index (χ1n) is 12.0. The van der Waals surface area contributed by atoms with E-state index in [9.17, 15) is 4.79 Å². The van der Waals surface area contributed by atoms with Crippen molar-refractivity contribution in [2.75, 3.05) is 20.8 Å². The molecule has 1 N–H and O–H groups in total. The van der Waals surface area contributed by atoms with Crippen molar-refractivity contribution >= 4 is 10.9 Å². The molecule has 10 nitrogen and oxygen atoms in total. The highest BCUT2D eigenvalue weighted by molar-refractivity contribution is 5.80. The summed E-state index contributed by atoms with van der Waals surface area (Å²) in [4.78, 5) is 18.1. The summed E-state index contributed by atoms with van der Waals surface area (Å²) in [6.45, 7) is 2.89. The van der Waals surface area contributed by atoms with Crippen molar-refractivity contribution in [2.45, 2.75) is 45.1 Å². The lowest BCUT2D eigenvalue weighted by Crippen LogP contribution is -2.29. The predicted octanol–water partition coefficient (Wildman–Crippen LogP) is 2.91. The zero-order valence-corrected chi connectivity index (χ0v) is 20.5. The van der Waals surface area contributed by atoms with Crippen molar-refractivity contribution in [3.8, 4) is 11.5 Å². The van der Waals surface area contributed by atoms with Crippen LogP contribution in [0.1, 0.15) is 29.8 Å². The Hall–Kier alpha value is -3.76. The summed E-state index contributed by atoms with van der Waals surface area (Å²) in [5.74, 6) is 2.27. The van der Waals surface area contributed by atoms with Gasteiger partial charge in [0.15, 0.2) is 5.82 Å². The highest BCUT2D eigenvalue weighted by atomic mass is 16.5. The molecule has 3 heterocycles. The highest BCUT2D eigenvalue weighted by Gasteiger charge is 2.21. The SMILES string of the molecule is COc1ccc(CN(Cc2cc3cc(OC)ccc3[nH]c2=O)Cc2nnnn2C[C@H]2CCCO2)cc1. The number of hydrogen-bond donors (Lipinski definition) is 1. The van der Waals surface area contributed by atoms with Gasteiger partial charge in [0.2, 0.25) is 0 Å². The van der Waals surface area contributed by atoms with Crippen molar-refractivity contribution in [1.82, 2.24) is 30.1 Å². The van der Waals surface area contributed by atoms with E-state index in [1.54, 1.807) is 14.2 Å². The molecule has 2 aromatic carbocycles. The molecule has 5 rings (SSSR count). The molecule has 1 fully saturated rings. The fraction of sp³-hybridized carbons (Fsp3) is 0.385. The highest BCUT2D eigenvalue weighted by Crippen LogP contribution is 2.21. The average Bonchev–Trinajstić information content (AvgIpc) is 3.57. The molecule has 1 aliphatic rings. The first kappa shape index (κ1) is 24.0. The summed E-state index contributed by atoms with van der Waals surface area (Å²) in [5, 5.41) is 13.3. The molecule has 0 saturated carbocycles. The maximum Gasteiger partial charge on any atom is 0.252 e. The number of H-pyrrole nitrogens is 1. The second kappa shape index (κ2) is 10.9. The molecule has 1 aliphatic heterocycles. The molecule has 0 bridgehead atoms. The lowest BCUT2D eigenvalue weighted by Gasteiger charge is -2.22. The van der Waals surface area contributed by atoms with Gasteiger partial charge in [-0.3, -0.25) is 9.69 Å². The van der Waals surface area contributed by atoms with E-state index in [-0.39, 0.29) is 11.7 Å². The van der Waals surface area contributed by atoms with Gasteiger partial charge in [-0.25, -0.2) is 4.68 Å². The summed E-state index contributed by atoms with van der Waals surface area (Å²) < 4.78 is 18.2. The van der Waals surface area contributed by atoms with Crippen LogP contribution in [0.2, 0.25) is 0 Å².